The molecule has 3 rings (SSSR count). The number of nitrogens with zero attached hydrogens (tertiary/aromatic N) is 3. The zero-order chi connectivity index (χ0) is 22.2. The molecule has 1 saturated carbocycles. The first kappa shape index (κ1) is 22.6. The van der Waals surface area contributed by atoms with Gasteiger partial charge in [-0.25, -0.2) is 4.79 Å². The number of carbonyl (C=O) groups excluding carboxylic acids is 1. The highest BCUT2D eigenvalue weighted by Crippen LogP contribution is 2.29. The van der Waals surface area contributed by atoms with E-state index in [0.29, 0.717) is 30.9 Å². The van der Waals surface area contributed by atoms with Gasteiger partial charge in [0.05, 0.1) is 49.0 Å². The number of aryl methyl sites for hydroxylation is 1. The molecule has 1 aliphatic carbocycles. The minimum atomic E-state index is -0.756. The first-order valence-electron chi connectivity index (χ1n) is 10.7. The summed E-state index contributed by atoms with van der Waals surface area (Å²) >= 11 is 0. The van der Waals surface area contributed by atoms with E-state index in [4.69, 9.17) is 9.47 Å². The van der Waals surface area contributed by atoms with Gasteiger partial charge in [-0.15, -0.1) is 0 Å². The average molecular weight is 431 g/mol. The summed E-state index contributed by atoms with van der Waals surface area (Å²) in [5.74, 6) is -0.485. The molecule has 2 N–H and O–H groups in total. The van der Waals surface area contributed by atoms with Gasteiger partial charge in [0.25, 0.3) is 0 Å². The fourth-order valence-electron chi connectivity index (χ4n) is 3.68. The van der Waals surface area contributed by atoms with Crippen LogP contribution in [0.2, 0.25) is 0 Å². The summed E-state index contributed by atoms with van der Waals surface area (Å²) in [6, 6.07) is 3.67. The van der Waals surface area contributed by atoms with E-state index >= 15 is 0 Å². The van der Waals surface area contributed by atoms with Crippen LogP contribution in [0.4, 0.5) is 4.79 Å². The molecule has 0 unspecified atom stereocenters. The predicted octanol–water partition coefficient (Wildman–Crippen LogP) is 3.53. The lowest BCUT2D eigenvalue weighted by Crippen LogP contribution is -2.29. The van der Waals surface area contributed by atoms with Crippen LogP contribution in [0.1, 0.15) is 51.1 Å². The third-order valence-corrected chi connectivity index (χ3v) is 5.48. The number of hydrogen-bond donors (Lipinski definition) is 2. The number of unbranched alkanes of at least 4 members (excludes halogenated alkanes) is 1. The van der Waals surface area contributed by atoms with Crippen LogP contribution in [0.5, 0.6) is 5.75 Å². The Kier molecular flexibility index (Phi) is 7.86. The smallest absolute Gasteiger partial charge is 0.407 e. The van der Waals surface area contributed by atoms with Crippen molar-refractivity contribution in [1.82, 2.24) is 20.1 Å². The normalized spacial score (nSPS) is 18.4. The Bertz CT molecular complexity index is 881. The molecule has 0 aromatic carbocycles. The number of carboxylic acids is 1. The topological polar surface area (TPSA) is 116 Å². The van der Waals surface area contributed by atoms with Crippen molar-refractivity contribution in [3.05, 3.63) is 30.2 Å². The summed E-state index contributed by atoms with van der Waals surface area (Å²) in [6.07, 6.45) is 7.50. The maximum absolute atomic E-state index is 11.8. The second kappa shape index (κ2) is 10.8. The van der Waals surface area contributed by atoms with Crippen LogP contribution in [0.3, 0.4) is 0 Å². The first-order chi connectivity index (χ1) is 15.0. The first-order valence-corrected chi connectivity index (χ1v) is 10.7. The zero-order valence-electron chi connectivity index (χ0n) is 18.0. The quantitative estimate of drug-likeness (QED) is 0.585. The van der Waals surface area contributed by atoms with Crippen molar-refractivity contribution in [2.24, 2.45) is 13.0 Å². The number of amides is 1. The number of carboxylic acid groups (broad SMARTS) is 1. The molecule has 168 valence electrons. The average Bonchev–Trinajstić information content (AvgIpc) is 3.13. The fraction of sp³-hybridized carbons (Fsp3) is 0.545. The van der Waals surface area contributed by atoms with Crippen molar-refractivity contribution in [1.29, 1.82) is 0 Å². The van der Waals surface area contributed by atoms with E-state index in [2.05, 4.69) is 15.4 Å². The molecule has 2 aromatic heterocycles. The summed E-state index contributed by atoms with van der Waals surface area (Å²) in [5.41, 5.74) is 2.33. The van der Waals surface area contributed by atoms with E-state index in [0.717, 1.165) is 36.9 Å². The van der Waals surface area contributed by atoms with Gasteiger partial charge in [-0.2, -0.15) is 5.10 Å². The molecule has 1 aliphatic rings. The minimum Gasteiger partial charge on any atom is -0.489 e. The molecule has 31 heavy (non-hydrogen) atoms. The molecule has 1 fully saturated rings. The summed E-state index contributed by atoms with van der Waals surface area (Å²) < 4.78 is 12.8. The standard InChI is InChI=1S/C22H30N4O5/c1-3-4-10-30-22(29)24-14-20-18(13-25-26(20)2)19-9-8-17(12-23-19)31-16-7-5-6-15(11-16)21(27)28/h8-9,12-13,15-16H,3-7,10-11,14H2,1-2H3,(H,24,29)(H,27,28)/t15-,16-/m0/s1. The highest BCUT2D eigenvalue weighted by Gasteiger charge is 2.28. The van der Waals surface area contributed by atoms with Gasteiger partial charge in [0.1, 0.15) is 5.75 Å². The van der Waals surface area contributed by atoms with Crippen molar-refractivity contribution in [3.8, 4) is 17.0 Å². The Morgan fingerprint density at radius 3 is 2.84 bits per heavy atom. The number of rotatable bonds is 9. The van der Waals surface area contributed by atoms with Crippen molar-refractivity contribution in [2.45, 2.75) is 58.1 Å². The molecule has 0 bridgehead atoms. The Labute approximate surface area is 181 Å². The van der Waals surface area contributed by atoms with E-state index in [9.17, 15) is 14.7 Å². The highest BCUT2D eigenvalue weighted by atomic mass is 16.5. The number of ether oxygens (including phenoxy) is 2. The Morgan fingerprint density at radius 1 is 1.29 bits per heavy atom. The Balaban J connectivity index is 1.61. The molecule has 2 atom stereocenters. The minimum absolute atomic E-state index is 0.112. The lowest BCUT2D eigenvalue weighted by Gasteiger charge is -2.27. The van der Waals surface area contributed by atoms with E-state index in [1.54, 1.807) is 17.1 Å². The number of nitrogens with one attached hydrogen (secondary N) is 1. The number of aliphatic carboxylic acids is 1. The SMILES string of the molecule is CCCCOC(=O)NCc1c(-c2ccc(O[C@H]3CCC[C@H](C(=O)O)C3)cn2)cnn1C. The fourth-order valence-corrected chi connectivity index (χ4v) is 3.68. The van der Waals surface area contributed by atoms with Crippen LogP contribution in [0, 0.1) is 5.92 Å². The molecule has 0 radical (unpaired) electrons. The Morgan fingerprint density at radius 2 is 2.13 bits per heavy atom. The van der Waals surface area contributed by atoms with Gasteiger partial charge < -0.3 is 19.9 Å². The van der Waals surface area contributed by atoms with Gasteiger partial charge in [-0.1, -0.05) is 13.3 Å². The molecule has 2 heterocycles. The van der Waals surface area contributed by atoms with Crippen molar-refractivity contribution in [2.75, 3.05) is 6.61 Å². The molecule has 2 aromatic rings. The van der Waals surface area contributed by atoms with Crippen LogP contribution in [-0.2, 0) is 23.1 Å². The number of pyridine rings is 1. The van der Waals surface area contributed by atoms with Gasteiger partial charge >= 0.3 is 12.1 Å². The molecule has 0 aliphatic heterocycles. The largest absolute Gasteiger partial charge is 0.489 e. The maximum Gasteiger partial charge on any atom is 0.407 e. The number of aromatic nitrogens is 3. The third kappa shape index (κ3) is 6.19. The van der Waals surface area contributed by atoms with E-state index in [-0.39, 0.29) is 18.6 Å². The van der Waals surface area contributed by atoms with Crippen LogP contribution >= 0.6 is 0 Å². The lowest BCUT2D eigenvalue weighted by molar-refractivity contribution is -0.143. The van der Waals surface area contributed by atoms with Crippen molar-refractivity contribution < 1.29 is 24.2 Å². The summed E-state index contributed by atoms with van der Waals surface area (Å²) in [5, 5.41) is 16.3. The molecule has 9 heteroatoms. The number of carbonyl (C=O) groups is 2. The molecule has 1 amide bonds. The van der Waals surface area contributed by atoms with Crippen LogP contribution in [0.15, 0.2) is 24.5 Å². The van der Waals surface area contributed by atoms with Crippen molar-refractivity contribution in [3.63, 3.8) is 0 Å². The van der Waals surface area contributed by atoms with Crippen LogP contribution < -0.4 is 10.1 Å². The summed E-state index contributed by atoms with van der Waals surface area (Å²) in [4.78, 5) is 27.6. The molecule has 0 saturated heterocycles. The number of hydrogen-bond acceptors (Lipinski definition) is 6. The van der Waals surface area contributed by atoms with E-state index in [1.807, 2.05) is 26.1 Å². The maximum atomic E-state index is 11.8. The van der Waals surface area contributed by atoms with Crippen molar-refractivity contribution >= 4 is 12.1 Å². The van der Waals surface area contributed by atoms with Gasteiger partial charge in [0.15, 0.2) is 0 Å². The van der Waals surface area contributed by atoms with E-state index in [1.165, 1.54) is 0 Å². The van der Waals surface area contributed by atoms with Gasteiger partial charge in [0.2, 0.25) is 0 Å². The second-order valence-electron chi connectivity index (χ2n) is 7.79. The van der Waals surface area contributed by atoms with E-state index < -0.39 is 12.1 Å². The monoisotopic (exact) mass is 430 g/mol. The zero-order valence-corrected chi connectivity index (χ0v) is 18.0. The third-order valence-electron chi connectivity index (χ3n) is 5.48. The number of alkyl carbamates (subject to hydrolysis) is 1. The second-order valence-corrected chi connectivity index (χ2v) is 7.79. The molecule has 9 nitrogen and oxygen atoms in total. The van der Waals surface area contributed by atoms with Crippen LogP contribution in [-0.4, -0.2) is 44.6 Å². The molecule has 0 spiro atoms. The lowest BCUT2D eigenvalue weighted by atomic mass is 9.87. The summed E-state index contributed by atoms with van der Waals surface area (Å²) in [7, 11) is 1.81. The van der Waals surface area contributed by atoms with Gasteiger partial charge in [-0.05, 0) is 44.2 Å². The van der Waals surface area contributed by atoms with Gasteiger partial charge in [-0.3, -0.25) is 14.5 Å². The van der Waals surface area contributed by atoms with Crippen LogP contribution in [0.25, 0.3) is 11.3 Å². The predicted molar refractivity (Wildman–Crippen MR) is 114 cm³/mol. The highest BCUT2D eigenvalue weighted by molar-refractivity contribution is 5.70. The Hall–Kier alpha value is -3.10. The van der Waals surface area contributed by atoms with Gasteiger partial charge in [0, 0.05) is 12.6 Å². The molecular weight excluding hydrogens is 400 g/mol. The molecular formula is C22H30N4O5. The summed E-state index contributed by atoms with van der Waals surface area (Å²) in [6.45, 7) is 2.71.